The number of fused-ring (bicyclic) bond motifs is 1. The lowest BCUT2D eigenvalue weighted by molar-refractivity contribution is -0.116. The lowest BCUT2D eigenvalue weighted by atomic mass is 9.97. The minimum atomic E-state index is -0.384. The molecular weight excluding hydrogens is 316 g/mol. The Labute approximate surface area is 148 Å². The van der Waals surface area contributed by atoms with Gasteiger partial charge in [0, 0.05) is 17.4 Å². The molecule has 0 fully saturated rings. The van der Waals surface area contributed by atoms with Gasteiger partial charge in [-0.25, -0.2) is 0 Å². The Morgan fingerprint density at radius 2 is 1.88 bits per heavy atom. The van der Waals surface area contributed by atoms with Crippen molar-refractivity contribution >= 4 is 17.3 Å². The van der Waals surface area contributed by atoms with Gasteiger partial charge in [-0.05, 0) is 43.0 Å². The Kier molecular flexibility index (Phi) is 5.12. The van der Waals surface area contributed by atoms with Gasteiger partial charge in [0.2, 0.25) is 12.7 Å². The first-order valence-corrected chi connectivity index (χ1v) is 8.64. The van der Waals surface area contributed by atoms with Gasteiger partial charge < -0.3 is 20.1 Å². The van der Waals surface area contributed by atoms with Crippen LogP contribution in [0.5, 0.6) is 11.5 Å². The molecule has 5 nitrogen and oxygen atoms in total. The number of nitrogens with one attached hydrogen (secondary N) is 2. The van der Waals surface area contributed by atoms with Crippen LogP contribution >= 0.6 is 0 Å². The fraction of sp³-hybridized carbons (Fsp3) is 0.350. The summed E-state index contributed by atoms with van der Waals surface area (Å²) in [6.45, 7) is 6.39. The van der Waals surface area contributed by atoms with Crippen molar-refractivity contribution in [2.75, 3.05) is 17.4 Å². The van der Waals surface area contributed by atoms with E-state index < -0.39 is 0 Å². The SMILES string of the molecule is CC[C@@H](C)c1ccccc1NC(=O)[C@H](C)Nc1ccc2c(c1)OCO2. The molecule has 0 saturated heterocycles. The molecule has 1 amide bonds. The van der Waals surface area contributed by atoms with Crippen LogP contribution in [0.3, 0.4) is 0 Å². The number of ether oxygens (including phenoxy) is 2. The van der Waals surface area contributed by atoms with E-state index in [0.717, 1.165) is 29.1 Å². The first-order chi connectivity index (χ1) is 12.1. The van der Waals surface area contributed by atoms with Crippen molar-refractivity contribution in [3.05, 3.63) is 48.0 Å². The lowest BCUT2D eigenvalue weighted by Gasteiger charge is -2.19. The third-order valence-corrected chi connectivity index (χ3v) is 4.51. The van der Waals surface area contributed by atoms with Crippen LogP contribution in [0, 0.1) is 0 Å². The number of carbonyl (C=O) groups excluding carboxylic acids is 1. The quantitative estimate of drug-likeness (QED) is 0.820. The van der Waals surface area contributed by atoms with Crippen LogP contribution in [0.25, 0.3) is 0 Å². The average molecular weight is 340 g/mol. The summed E-state index contributed by atoms with van der Waals surface area (Å²) < 4.78 is 10.7. The zero-order valence-corrected chi connectivity index (χ0v) is 14.8. The first-order valence-electron chi connectivity index (χ1n) is 8.64. The molecule has 3 rings (SSSR count). The summed E-state index contributed by atoms with van der Waals surface area (Å²) in [4.78, 5) is 12.6. The number of rotatable bonds is 6. The van der Waals surface area contributed by atoms with Crippen LogP contribution in [-0.4, -0.2) is 18.7 Å². The van der Waals surface area contributed by atoms with E-state index in [2.05, 4.69) is 30.5 Å². The largest absolute Gasteiger partial charge is 0.454 e. The van der Waals surface area contributed by atoms with Crippen LogP contribution in [0.15, 0.2) is 42.5 Å². The predicted octanol–water partition coefficient (Wildman–Crippen LogP) is 4.37. The maximum Gasteiger partial charge on any atom is 0.246 e. The Morgan fingerprint density at radius 1 is 1.12 bits per heavy atom. The van der Waals surface area contributed by atoms with Gasteiger partial charge in [0.05, 0.1) is 0 Å². The van der Waals surface area contributed by atoms with E-state index >= 15 is 0 Å². The molecule has 2 aromatic rings. The van der Waals surface area contributed by atoms with Crippen molar-refractivity contribution in [2.45, 2.75) is 39.2 Å². The van der Waals surface area contributed by atoms with Crippen LogP contribution in [-0.2, 0) is 4.79 Å². The summed E-state index contributed by atoms with van der Waals surface area (Å²) in [5, 5.41) is 6.25. The Bertz CT molecular complexity index is 760. The summed E-state index contributed by atoms with van der Waals surface area (Å²) in [7, 11) is 0. The normalized spacial score (nSPS) is 14.7. The molecular formula is C20H24N2O3. The molecule has 1 aliphatic rings. The van der Waals surface area contributed by atoms with Crippen LogP contribution in [0.1, 0.15) is 38.7 Å². The minimum Gasteiger partial charge on any atom is -0.454 e. The molecule has 0 radical (unpaired) electrons. The summed E-state index contributed by atoms with van der Waals surface area (Å²) >= 11 is 0. The molecule has 1 heterocycles. The summed E-state index contributed by atoms with van der Waals surface area (Å²) in [5.74, 6) is 1.74. The summed E-state index contributed by atoms with van der Waals surface area (Å²) in [6, 6.07) is 13.2. The van der Waals surface area contributed by atoms with Crippen molar-refractivity contribution in [3.63, 3.8) is 0 Å². The second kappa shape index (κ2) is 7.47. The highest BCUT2D eigenvalue weighted by Crippen LogP contribution is 2.34. The van der Waals surface area contributed by atoms with Crippen molar-refractivity contribution in [1.29, 1.82) is 0 Å². The predicted molar refractivity (Wildman–Crippen MR) is 99.4 cm³/mol. The molecule has 2 N–H and O–H groups in total. The number of para-hydroxylation sites is 1. The highest BCUT2D eigenvalue weighted by Gasteiger charge is 2.18. The molecule has 0 aliphatic carbocycles. The average Bonchev–Trinajstić information content (AvgIpc) is 3.09. The Hall–Kier alpha value is -2.69. The number of carbonyl (C=O) groups is 1. The molecule has 132 valence electrons. The van der Waals surface area contributed by atoms with E-state index in [1.165, 1.54) is 0 Å². The monoisotopic (exact) mass is 340 g/mol. The zero-order valence-electron chi connectivity index (χ0n) is 14.8. The highest BCUT2D eigenvalue weighted by atomic mass is 16.7. The van der Waals surface area contributed by atoms with Gasteiger partial charge in [0.1, 0.15) is 6.04 Å². The molecule has 25 heavy (non-hydrogen) atoms. The van der Waals surface area contributed by atoms with Gasteiger partial charge >= 0.3 is 0 Å². The topological polar surface area (TPSA) is 59.6 Å². The van der Waals surface area contributed by atoms with Crippen molar-refractivity contribution in [2.24, 2.45) is 0 Å². The molecule has 0 spiro atoms. The van der Waals surface area contributed by atoms with E-state index in [-0.39, 0.29) is 18.7 Å². The van der Waals surface area contributed by atoms with Crippen molar-refractivity contribution in [1.82, 2.24) is 0 Å². The molecule has 2 aromatic carbocycles. The van der Waals surface area contributed by atoms with E-state index in [9.17, 15) is 4.79 Å². The standard InChI is InChI=1S/C20H24N2O3/c1-4-13(2)16-7-5-6-8-17(16)22-20(23)14(3)21-15-9-10-18-19(11-15)25-12-24-18/h5-11,13-14,21H,4,12H2,1-3H3,(H,22,23)/t13-,14+/m1/s1. The molecule has 0 unspecified atom stereocenters. The number of hydrogen-bond acceptors (Lipinski definition) is 4. The summed E-state index contributed by atoms with van der Waals surface area (Å²) in [5.41, 5.74) is 2.86. The van der Waals surface area contributed by atoms with Crippen LogP contribution in [0.2, 0.25) is 0 Å². The maximum absolute atomic E-state index is 12.6. The smallest absolute Gasteiger partial charge is 0.246 e. The van der Waals surface area contributed by atoms with E-state index in [1.807, 2.05) is 43.3 Å². The lowest BCUT2D eigenvalue weighted by Crippen LogP contribution is -2.32. The molecule has 5 heteroatoms. The van der Waals surface area contributed by atoms with Crippen molar-refractivity contribution in [3.8, 4) is 11.5 Å². The van der Waals surface area contributed by atoms with Crippen molar-refractivity contribution < 1.29 is 14.3 Å². The number of anilines is 2. The van der Waals surface area contributed by atoms with Gasteiger partial charge in [-0.15, -0.1) is 0 Å². The van der Waals surface area contributed by atoms with Gasteiger partial charge in [-0.1, -0.05) is 32.0 Å². The first kappa shape index (κ1) is 17.1. The fourth-order valence-corrected chi connectivity index (χ4v) is 2.80. The second-order valence-corrected chi connectivity index (χ2v) is 6.32. The van der Waals surface area contributed by atoms with Crippen LogP contribution < -0.4 is 20.1 Å². The Balaban J connectivity index is 1.67. The molecule has 2 atom stereocenters. The molecule has 0 aromatic heterocycles. The van der Waals surface area contributed by atoms with E-state index in [0.29, 0.717) is 11.7 Å². The number of hydrogen-bond donors (Lipinski definition) is 2. The highest BCUT2D eigenvalue weighted by molar-refractivity contribution is 5.97. The molecule has 1 aliphatic heterocycles. The third-order valence-electron chi connectivity index (χ3n) is 4.51. The van der Waals surface area contributed by atoms with Gasteiger partial charge in [0.25, 0.3) is 0 Å². The number of benzene rings is 2. The molecule has 0 saturated carbocycles. The van der Waals surface area contributed by atoms with E-state index in [1.54, 1.807) is 0 Å². The fourth-order valence-electron chi connectivity index (χ4n) is 2.80. The zero-order chi connectivity index (χ0) is 17.8. The van der Waals surface area contributed by atoms with E-state index in [4.69, 9.17) is 9.47 Å². The van der Waals surface area contributed by atoms with Gasteiger partial charge in [0.15, 0.2) is 11.5 Å². The van der Waals surface area contributed by atoms with Gasteiger partial charge in [-0.2, -0.15) is 0 Å². The van der Waals surface area contributed by atoms with Gasteiger partial charge in [-0.3, -0.25) is 4.79 Å². The maximum atomic E-state index is 12.6. The second-order valence-electron chi connectivity index (χ2n) is 6.32. The van der Waals surface area contributed by atoms with Crippen LogP contribution in [0.4, 0.5) is 11.4 Å². The molecule has 0 bridgehead atoms. The number of amides is 1. The third kappa shape index (κ3) is 3.87. The summed E-state index contributed by atoms with van der Waals surface area (Å²) in [6.07, 6.45) is 1.03. The minimum absolute atomic E-state index is 0.0755. The Morgan fingerprint density at radius 3 is 2.68 bits per heavy atom.